The molecular weight excluding hydrogens is 363 g/mol. The highest BCUT2D eigenvalue weighted by Crippen LogP contribution is 2.31. The van der Waals surface area contributed by atoms with Crippen LogP contribution in [0.15, 0.2) is 24.3 Å². The number of carbonyl (C=O) groups excluding carboxylic acids is 1. The number of piperazine rings is 1. The SMILES string of the molecule is CC(C)N(CC(=O)O)CC(=O)N1CCN(c2cccc(C(F)(F)F)c2)CC1. The summed E-state index contributed by atoms with van der Waals surface area (Å²) in [6.45, 7) is 5.05. The number of carboxylic acid groups (broad SMARTS) is 1. The van der Waals surface area contributed by atoms with Crippen LogP contribution in [0.25, 0.3) is 0 Å². The smallest absolute Gasteiger partial charge is 0.416 e. The van der Waals surface area contributed by atoms with E-state index in [0.717, 1.165) is 12.1 Å². The number of hydrogen-bond acceptors (Lipinski definition) is 4. The van der Waals surface area contributed by atoms with Crippen molar-refractivity contribution in [3.8, 4) is 0 Å². The fourth-order valence-corrected chi connectivity index (χ4v) is 2.96. The number of rotatable bonds is 6. The zero-order valence-corrected chi connectivity index (χ0v) is 15.4. The molecule has 1 saturated heterocycles. The van der Waals surface area contributed by atoms with Gasteiger partial charge in [-0.15, -0.1) is 0 Å². The van der Waals surface area contributed by atoms with E-state index in [-0.39, 0.29) is 25.0 Å². The Hall–Kier alpha value is -2.29. The number of hydrogen-bond donors (Lipinski definition) is 1. The second-order valence-electron chi connectivity index (χ2n) is 6.81. The lowest BCUT2D eigenvalue weighted by Crippen LogP contribution is -2.52. The molecule has 0 aliphatic carbocycles. The Labute approximate surface area is 156 Å². The molecule has 0 bridgehead atoms. The first-order valence-corrected chi connectivity index (χ1v) is 8.73. The first-order chi connectivity index (χ1) is 12.6. The third-order valence-electron chi connectivity index (χ3n) is 4.58. The average molecular weight is 387 g/mol. The maximum absolute atomic E-state index is 12.9. The summed E-state index contributed by atoms with van der Waals surface area (Å²) >= 11 is 0. The number of benzene rings is 1. The zero-order valence-electron chi connectivity index (χ0n) is 15.4. The molecule has 27 heavy (non-hydrogen) atoms. The van der Waals surface area contributed by atoms with Gasteiger partial charge in [0.25, 0.3) is 0 Å². The summed E-state index contributed by atoms with van der Waals surface area (Å²) in [6, 6.07) is 5.07. The molecule has 0 radical (unpaired) electrons. The molecule has 2 rings (SSSR count). The summed E-state index contributed by atoms with van der Waals surface area (Å²) < 4.78 is 38.6. The summed E-state index contributed by atoms with van der Waals surface area (Å²) in [7, 11) is 0. The second kappa shape index (κ2) is 8.60. The Kier molecular flexibility index (Phi) is 6.69. The van der Waals surface area contributed by atoms with Crippen LogP contribution in [-0.4, -0.2) is 72.1 Å². The van der Waals surface area contributed by atoms with Crippen molar-refractivity contribution < 1.29 is 27.9 Å². The van der Waals surface area contributed by atoms with Crippen molar-refractivity contribution in [3.63, 3.8) is 0 Å². The number of anilines is 1. The van der Waals surface area contributed by atoms with Crippen molar-refractivity contribution in [2.45, 2.75) is 26.1 Å². The maximum Gasteiger partial charge on any atom is 0.416 e. The highest BCUT2D eigenvalue weighted by molar-refractivity contribution is 5.79. The summed E-state index contributed by atoms with van der Waals surface area (Å²) in [5, 5.41) is 8.94. The van der Waals surface area contributed by atoms with Gasteiger partial charge in [0.2, 0.25) is 5.91 Å². The van der Waals surface area contributed by atoms with Gasteiger partial charge in [0.15, 0.2) is 0 Å². The van der Waals surface area contributed by atoms with Gasteiger partial charge < -0.3 is 14.9 Å². The van der Waals surface area contributed by atoms with Crippen LogP contribution in [0.1, 0.15) is 19.4 Å². The molecule has 1 aromatic carbocycles. The monoisotopic (exact) mass is 387 g/mol. The van der Waals surface area contributed by atoms with Crippen molar-refractivity contribution in [2.75, 3.05) is 44.2 Å². The first kappa shape index (κ1) is 21.0. The molecule has 1 aliphatic rings. The minimum Gasteiger partial charge on any atom is -0.480 e. The van der Waals surface area contributed by atoms with Crippen LogP contribution in [0.4, 0.5) is 18.9 Å². The largest absolute Gasteiger partial charge is 0.480 e. The number of carboxylic acids is 1. The van der Waals surface area contributed by atoms with Crippen LogP contribution in [0.2, 0.25) is 0 Å². The minimum absolute atomic E-state index is 0.00747. The van der Waals surface area contributed by atoms with Crippen molar-refractivity contribution in [2.24, 2.45) is 0 Å². The van der Waals surface area contributed by atoms with Crippen molar-refractivity contribution in [3.05, 3.63) is 29.8 Å². The van der Waals surface area contributed by atoms with E-state index in [1.54, 1.807) is 15.9 Å². The van der Waals surface area contributed by atoms with Gasteiger partial charge in [-0.3, -0.25) is 14.5 Å². The summed E-state index contributed by atoms with van der Waals surface area (Å²) in [5.41, 5.74) is -0.216. The maximum atomic E-state index is 12.9. The lowest BCUT2D eigenvalue weighted by Gasteiger charge is -2.37. The first-order valence-electron chi connectivity index (χ1n) is 8.73. The molecule has 1 aromatic rings. The molecule has 0 unspecified atom stereocenters. The van der Waals surface area contributed by atoms with Crippen LogP contribution in [0.5, 0.6) is 0 Å². The summed E-state index contributed by atoms with van der Waals surface area (Å²) in [4.78, 5) is 28.4. The molecule has 150 valence electrons. The van der Waals surface area contributed by atoms with Gasteiger partial charge in [0.05, 0.1) is 18.7 Å². The van der Waals surface area contributed by atoms with Gasteiger partial charge in [-0.25, -0.2) is 0 Å². The molecule has 1 N–H and O–H groups in total. The van der Waals surface area contributed by atoms with Crippen LogP contribution in [-0.2, 0) is 15.8 Å². The zero-order chi connectivity index (χ0) is 20.2. The average Bonchev–Trinajstić information content (AvgIpc) is 2.60. The Morgan fingerprint density at radius 2 is 1.78 bits per heavy atom. The van der Waals surface area contributed by atoms with Crippen molar-refractivity contribution in [1.82, 2.24) is 9.80 Å². The summed E-state index contributed by atoms with van der Waals surface area (Å²) in [5.74, 6) is -1.17. The topological polar surface area (TPSA) is 64.1 Å². The number of carbonyl (C=O) groups is 2. The van der Waals surface area contributed by atoms with Crippen LogP contribution in [0, 0.1) is 0 Å². The van der Waals surface area contributed by atoms with Crippen LogP contribution >= 0.6 is 0 Å². The van der Waals surface area contributed by atoms with Gasteiger partial charge >= 0.3 is 12.1 Å². The Balaban J connectivity index is 1.95. The molecule has 1 amide bonds. The molecule has 0 spiro atoms. The molecule has 1 heterocycles. The molecular formula is C18H24F3N3O3. The normalized spacial score (nSPS) is 15.5. The molecule has 0 atom stereocenters. The number of nitrogens with zero attached hydrogens (tertiary/aromatic N) is 3. The minimum atomic E-state index is -4.39. The standard InChI is InChI=1S/C18H24F3N3O3/c1-13(2)24(12-17(26)27)11-16(25)23-8-6-22(7-9-23)15-5-3-4-14(10-15)18(19,20)21/h3-5,10,13H,6-9,11-12H2,1-2H3,(H,26,27). The van der Waals surface area contributed by atoms with Gasteiger partial charge in [-0.1, -0.05) is 6.07 Å². The van der Waals surface area contributed by atoms with E-state index in [9.17, 15) is 22.8 Å². The Morgan fingerprint density at radius 3 is 2.30 bits per heavy atom. The molecule has 6 nitrogen and oxygen atoms in total. The van der Waals surface area contributed by atoms with Gasteiger partial charge in [-0.2, -0.15) is 13.2 Å². The van der Waals surface area contributed by atoms with Gasteiger partial charge in [0, 0.05) is 37.9 Å². The van der Waals surface area contributed by atoms with E-state index in [1.807, 2.05) is 18.7 Å². The van der Waals surface area contributed by atoms with E-state index in [2.05, 4.69) is 0 Å². The van der Waals surface area contributed by atoms with Crippen LogP contribution in [0.3, 0.4) is 0 Å². The lowest BCUT2D eigenvalue weighted by atomic mass is 10.1. The van der Waals surface area contributed by atoms with Gasteiger partial charge in [-0.05, 0) is 32.0 Å². The molecule has 1 fully saturated rings. The van der Waals surface area contributed by atoms with Gasteiger partial charge in [0.1, 0.15) is 0 Å². The second-order valence-corrected chi connectivity index (χ2v) is 6.81. The number of alkyl halides is 3. The Morgan fingerprint density at radius 1 is 1.15 bits per heavy atom. The van der Waals surface area contributed by atoms with E-state index in [4.69, 9.17) is 5.11 Å². The lowest BCUT2D eigenvalue weighted by molar-refractivity contribution is -0.140. The van der Waals surface area contributed by atoms with Crippen molar-refractivity contribution in [1.29, 1.82) is 0 Å². The number of aliphatic carboxylic acids is 1. The molecule has 0 saturated carbocycles. The molecule has 0 aromatic heterocycles. The third kappa shape index (κ3) is 5.85. The fourth-order valence-electron chi connectivity index (χ4n) is 2.96. The third-order valence-corrected chi connectivity index (χ3v) is 4.58. The van der Waals surface area contributed by atoms with E-state index in [0.29, 0.717) is 31.9 Å². The number of amides is 1. The predicted octanol–water partition coefficient (Wildman–Crippen LogP) is 2.15. The molecule has 9 heteroatoms. The predicted molar refractivity (Wildman–Crippen MR) is 94.6 cm³/mol. The quantitative estimate of drug-likeness (QED) is 0.810. The highest BCUT2D eigenvalue weighted by Gasteiger charge is 2.31. The fraction of sp³-hybridized carbons (Fsp3) is 0.556. The van der Waals surface area contributed by atoms with E-state index in [1.165, 1.54) is 6.07 Å². The van der Waals surface area contributed by atoms with E-state index < -0.39 is 17.7 Å². The Bertz CT molecular complexity index is 671. The van der Waals surface area contributed by atoms with Crippen molar-refractivity contribution >= 4 is 17.6 Å². The van der Waals surface area contributed by atoms with E-state index >= 15 is 0 Å². The number of halogens is 3. The summed E-state index contributed by atoms with van der Waals surface area (Å²) in [6.07, 6.45) is -4.39. The highest BCUT2D eigenvalue weighted by atomic mass is 19.4. The molecule has 1 aliphatic heterocycles. The van der Waals surface area contributed by atoms with Crippen LogP contribution < -0.4 is 4.90 Å².